The Kier molecular flexibility index (Phi) is 4.91. The predicted molar refractivity (Wildman–Crippen MR) is 125 cm³/mol. The predicted octanol–water partition coefficient (Wildman–Crippen LogP) is 6.99. The van der Waals surface area contributed by atoms with E-state index in [-0.39, 0.29) is 0 Å². The Bertz CT molecular complexity index is 1440. The first-order valence-corrected chi connectivity index (χ1v) is 10.7. The quantitative estimate of drug-likeness (QED) is 0.294. The van der Waals surface area contributed by atoms with Crippen LogP contribution in [-0.4, -0.2) is 10.1 Å². The summed E-state index contributed by atoms with van der Waals surface area (Å²) >= 11 is 1.47. The molecule has 0 radical (unpaired) electrons. The highest BCUT2D eigenvalue weighted by Gasteiger charge is 2.13. The zero-order valence-electron chi connectivity index (χ0n) is 16.7. The number of rotatable bonds is 4. The Morgan fingerprint density at radius 2 is 1.81 bits per heavy atom. The van der Waals surface area contributed by atoms with Gasteiger partial charge in [0, 0.05) is 16.5 Å². The summed E-state index contributed by atoms with van der Waals surface area (Å²) in [5, 5.41) is 17.5. The molecule has 4 nitrogen and oxygen atoms in total. The van der Waals surface area contributed by atoms with E-state index in [1.54, 1.807) is 0 Å². The number of aryl methyl sites for hydroxylation is 1. The van der Waals surface area contributed by atoms with E-state index in [0.29, 0.717) is 10.6 Å². The molecule has 2 aromatic heterocycles. The molecule has 5 aromatic rings. The van der Waals surface area contributed by atoms with Gasteiger partial charge in [0.2, 0.25) is 0 Å². The number of hydrogen-bond acceptors (Lipinski definition) is 5. The van der Waals surface area contributed by atoms with E-state index >= 15 is 0 Å². The lowest BCUT2D eigenvalue weighted by Crippen LogP contribution is -1.84. The number of allylic oxidation sites excluding steroid dienone is 1. The van der Waals surface area contributed by atoms with E-state index in [2.05, 4.69) is 42.4 Å². The second-order valence-corrected chi connectivity index (χ2v) is 8.09. The summed E-state index contributed by atoms with van der Waals surface area (Å²) in [5.41, 5.74) is 6.30. The fourth-order valence-corrected chi connectivity index (χ4v) is 4.20. The third-order valence-electron chi connectivity index (χ3n) is 5.05. The Labute approximate surface area is 183 Å². The molecular formula is C26H17N3OS. The average molecular weight is 420 g/mol. The molecule has 0 fully saturated rings. The Hall–Kier alpha value is -4.01. The molecule has 0 N–H and O–H groups in total. The highest BCUT2D eigenvalue weighted by molar-refractivity contribution is 7.11. The van der Waals surface area contributed by atoms with Gasteiger partial charge in [0.1, 0.15) is 16.6 Å². The fraction of sp³-hybridized carbons (Fsp3) is 0.0385. The molecule has 148 valence electrons. The van der Waals surface area contributed by atoms with Crippen LogP contribution in [0.25, 0.3) is 45.1 Å². The Balaban J connectivity index is 1.52. The van der Waals surface area contributed by atoms with E-state index in [1.807, 2.05) is 60.0 Å². The summed E-state index contributed by atoms with van der Waals surface area (Å²) in [7, 11) is 0. The van der Waals surface area contributed by atoms with Gasteiger partial charge in [-0.15, -0.1) is 11.3 Å². The summed E-state index contributed by atoms with van der Waals surface area (Å²) in [6.45, 7) is 2.06. The van der Waals surface area contributed by atoms with Gasteiger partial charge in [-0.1, -0.05) is 71.4 Å². The normalized spacial score (nSPS) is 11.5. The Morgan fingerprint density at radius 1 is 1.00 bits per heavy atom. The maximum atomic E-state index is 9.78. The van der Waals surface area contributed by atoms with Gasteiger partial charge in [-0.25, -0.2) is 4.98 Å². The molecule has 0 saturated heterocycles. The van der Waals surface area contributed by atoms with Crippen LogP contribution in [0.5, 0.6) is 0 Å². The molecule has 2 heterocycles. The SMILES string of the molecule is Cc1ccc(-c2csc(/C(C#N)=C/c3ccc4noc(-c5ccccc5)c4c3)n2)cc1. The third kappa shape index (κ3) is 3.77. The minimum absolute atomic E-state index is 0.528. The van der Waals surface area contributed by atoms with Gasteiger partial charge in [-0.2, -0.15) is 5.26 Å². The van der Waals surface area contributed by atoms with Crippen LogP contribution in [-0.2, 0) is 0 Å². The number of nitrogens with zero attached hydrogens (tertiary/aromatic N) is 3. The number of fused-ring (bicyclic) bond motifs is 1. The highest BCUT2D eigenvalue weighted by atomic mass is 32.1. The molecule has 0 atom stereocenters. The van der Waals surface area contributed by atoms with E-state index in [4.69, 9.17) is 9.51 Å². The van der Waals surface area contributed by atoms with Crippen molar-refractivity contribution < 1.29 is 4.52 Å². The van der Waals surface area contributed by atoms with Crippen molar-refractivity contribution in [2.24, 2.45) is 0 Å². The lowest BCUT2D eigenvalue weighted by molar-refractivity contribution is 0.441. The van der Waals surface area contributed by atoms with Crippen molar-refractivity contribution in [1.82, 2.24) is 10.1 Å². The maximum absolute atomic E-state index is 9.78. The minimum atomic E-state index is 0.528. The van der Waals surface area contributed by atoms with Crippen LogP contribution in [0.1, 0.15) is 16.1 Å². The molecule has 5 rings (SSSR count). The van der Waals surface area contributed by atoms with Crippen molar-refractivity contribution in [3.63, 3.8) is 0 Å². The summed E-state index contributed by atoms with van der Waals surface area (Å²) in [5.74, 6) is 0.722. The first-order valence-electron chi connectivity index (χ1n) is 9.81. The molecular weight excluding hydrogens is 402 g/mol. The Morgan fingerprint density at radius 3 is 2.58 bits per heavy atom. The van der Waals surface area contributed by atoms with Crippen LogP contribution in [0.15, 0.2) is 82.7 Å². The molecule has 0 saturated carbocycles. The van der Waals surface area contributed by atoms with Crippen LogP contribution in [0, 0.1) is 18.3 Å². The second-order valence-electron chi connectivity index (χ2n) is 7.23. The fourth-order valence-electron chi connectivity index (χ4n) is 3.41. The average Bonchev–Trinajstić information content (AvgIpc) is 3.46. The van der Waals surface area contributed by atoms with Gasteiger partial charge >= 0.3 is 0 Å². The van der Waals surface area contributed by atoms with Crippen molar-refractivity contribution in [2.45, 2.75) is 6.92 Å². The molecule has 0 spiro atoms. The molecule has 3 aromatic carbocycles. The molecule has 0 aliphatic heterocycles. The van der Waals surface area contributed by atoms with Gasteiger partial charge in [0.25, 0.3) is 0 Å². The summed E-state index contributed by atoms with van der Waals surface area (Å²) < 4.78 is 5.59. The summed E-state index contributed by atoms with van der Waals surface area (Å²) in [6, 6.07) is 26.3. The summed E-state index contributed by atoms with van der Waals surface area (Å²) in [6.07, 6.45) is 1.86. The number of hydrogen-bond donors (Lipinski definition) is 0. The number of aromatic nitrogens is 2. The van der Waals surface area contributed by atoms with Crippen LogP contribution in [0.3, 0.4) is 0 Å². The third-order valence-corrected chi connectivity index (χ3v) is 5.93. The van der Waals surface area contributed by atoms with Crippen LogP contribution in [0.2, 0.25) is 0 Å². The standard InChI is InChI=1S/C26H17N3OS/c1-17-7-10-19(11-8-17)24-16-31-26(28-24)21(15-27)13-18-9-12-23-22(14-18)25(30-29-23)20-5-3-2-4-6-20/h2-14,16H,1H3/b21-13+. The highest BCUT2D eigenvalue weighted by Crippen LogP contribution is 2.31. The van der Waals surface area contributed by atoms with Crippen LogP contribution >= 0.6 is 11.3 Å². The first kappa shape index (κ1) is 19.0. The topological polar surface area (TPSA) is 62.7 Å². The summed E-state index contributed by atoms with van der Waals surface area (Å²) in [4.78, 5) is 4.69. The van der Waals surface area contributed by atoms with Crippen molar-refractivity contribution >= 4 is 33.9 Å². The van der Waals surface area contributed by atoms with E-state index in [0.717, 1.165) is 39.0 Å². The number of thiazole rings is 1. The second kappa shape index (κ2) is 8.02. The molecule has 31 heavy (non-hydrogen) atoms. The van der Waals surface area contributed by atoms with Gasteiger partial charge in [0.15, 0.2) is 5.76 Å². The van der Waals surface area contributed by atoms with Gasteiger partial charge < -0.3 is 4.52 Å². The molecule has 0 amide bonds. The monoisotopic (exact) mass is 419 g/mol. The van der Waals surface area contributed by atoms with Crippen LogP contribution < -0.4 is 0 Å². The van der Waals surface area contributed by atoms with Gasteiger partial charge in [-0.3, -0.25) is 0 Å². The first-order chi connectivity index (χ1) is 15.2. The van der Waals surface area contributed by atoms with Crippen molar-refractivity contribution in [3.05, 3.63) is 94.3 Å². The minimum Gasteiger partial charge on any atom is -0.355 e. The molecule has 5 heteroatoms. The lowest BCUT2D eigenvalue weighted by Gasteiger charge is -1.99. The van der Waals surface area contributed by atoms with Crippen LogP contribution in [0.4, 0.5) is 0 Å². The van der Waals surface area contributed by atoms with E-state index in [1.165, 1.54) is 16.9 Å². The number of nitriles is 1. The zero-order chi connectivity index (χ0) is 21.2. The number of benzene rings is 3. The zero-order valence-corrected chi connectivity index (χ0v) is 17.6. The van der Waals surface area contributed by atoms with Gasteiger partial charge in [-0.05, 0) is 30.7 Å². The van der Waals surface area contributed by atoms with Crippen molar-refractivity contribution in [3.8, 4) is 28.7 Å². The van der Waals surface area contributed by atoms with Crippen molar-refractivity contribution in [1.29, 1.82) is 5.26 Å². The smallest absolute Gasteiger partial charge is 0.174 e. The molecule has 0 bridgehead atoms. The lowest BCUT2D eigenvalue weighted by atomic mass is 10.0. The van der Waals surface area contributed by atoms with Gasteiger partial charge in [0.05, 0.1) is 16.7 Å². The van der Waals surface area contributed by atoms with E-state index in [9.17, 15) is 5.26 Å². The largest absolute Gasteiger partial charge is 0.355 e. The van der Waals surface area contributed by atoms with Crippen molar-refractivity contribution in [2.75, 3.05) is 0 Å². The molecule has 0 aliphatic rings. The molecule has 0 aliphatic carbocycles. The molecule has 0 unspecified atom stereocenters. The maximum Gasteiger partial charge on any atom is 0.174 e. The van der Waals surface area contributed by atoms with E-state index < -0.39 is 0 Å².